The van der Waals surface area contributed by atoms with E-state index in [4.69, 9.17) is 0 Å². The van der Waals surface area contributed by atoms with Gasteiger partial charge in [-0.15, -0.1) is 0 Å². The van der Waals surface area contributed by atoms with Crippen LogP contribution in [0.1, 0.15) is 45.4 Å². The van der Waals surface area contributed by atoms with Crippen LogP contribution in [0.25, 0.3) is 0 Å². The first-order chi connectivity index (χ1) is 7.20. The molecule has 86 valence electrons. The molecule has 0 amide bonds. The molecule has 0 atom stereocenters. The Balaban J connectivity index is 3.51. The van der Waals surface area contributed by atoms with Crippen LogP contribution in [0.3, 0.4) is 0 Å². The van der Waals surface area contributed by atoms with Crippen LogP contribution < -0.4 is 0 Å². The number of esters is 1. The third-order valence-corrected chi connectivity index (χ3v) is 2.08. The number of methoxy groups -OCH3 is 1. The Morgan fingerprint density at radius 3 is 2.53 bits per heavy atom. The van der Waals surface area contributed by atoms with Crippen LogP contribution in [0.4, 0.5) is 0 Å². The maximum absolute atomic E-state index is 11.2. The molecule has 0 saturated carbocycles. The van der Waals surface area contributed by atoms with Gasteiger partial charge in [-0.1, -0.05) is 25.8 Å². The number of ether oxygens (including phenoxy) is 1. The molecule has 0 N–H and O–H groups in total. The molecule has 0 aliphatic carbocycles. The summed E-state index contributed by atoms with van der Waals surface area (Å²) in [6.45, 7) is 2.14. The highest BCUT2D eigenvalue weighted by atomic mass is 16.5. The van der Waals surface area contributed by atoms with Crippen LogP contribution in [0.5, 0.6) is 0 Å². The predicted octanol–water partition coefficient (Wildman–Crippen LogP) is 2.65. The molecule has 0 heterocycles. The number of rotatable bonds is 8. The van der Waals surface area contributed by atoms with Crippen LogP contribution in [0, 0.1) is 0 Å². The van der Waals surface area contributed by atoms with E-state index in [0.717, 1.165) is 12.8 Å². The lowest BCUT2D eigenvalue weighted by atomic mass is 10.1. The molecule has 3 heteroatoms. The Hall–Kier alpha value is -1.12. The zero-order valence-corrected chi connectivity index (χ0v) is 9.62. The maximum atomic E-state index is 11.2. The maximum Gasteiger partial charge on any atom is 0.305 e. The summed E-state index contributed by atoms with van der Waals surface area (Å²) in [6.07, 6.45) is 8.32. The molecular formula is C12H20O3. The minimum atomic E-state index is -0.331. The molecular weight excluding hydrogens is 192 g/mol. The van der Waals surface area contributed by atoms with Crippen molar-refractivity contribution in [1.82, 2.24) is 0 Å². The van der Waals surface area contributed by atoms with Crippen LogP contribution in [-0.4, -0.2) is 18.9 Å². The topological polar surface area (TPSA) is 43.4 Å². The van der Waals surface area contributed by atoms with Gasteiger partial charge < -0.3 is 4.74 Å². The number of ketones is 1. The van der Waals surface area contributed by atoms with Crippen LogP contribution in [0.15, 0.2) is 12.2 Å². The summed E-state index contributed by atoms with van der Waals surface area (Å²) in [7, 11) is 1.33. The van der Waals surface area contributed by atoms with Crippen molar-refractivity contribution in [1.29, 1.82) is 0 Å². The van der Waals surface area contributed by atoms with Crippen molar-refractivity contribution in [2.45, 2.75) is 45.4 Å². The van der Waals surface area contributed by atoms with E-state index < -0.39 is 0 Å². The minimum Gasteiger partial charge on any atom is -0.469 e. The zero-order valence-electron chi connectivity index (χ0n) is 9.62. The fourth-order valence-electron chi connectivity index (χ4n) is 1.14. The SMILES string of the molecule is CCCCC/C=C/C(=O)CCC(=O)OC. The lowest BCUT2D eigenvalue weighted by molar-refractivity contribution is -0.141. The number of unbranched alkanes of at least 4 members (excludes halogenated alkanes) is 3. The van der Waals surface area contributed by atoms with Gasteiger partial charge in [0.1, 0.15) is 0 Å². The Morgan fingerprint density at radius 1 is 1.20 bits per heavy atom. The van der Waals surface area contributed by atoms with Gasteiger partial charge in [-0.2, -0.15) is 0 Å². The first kappa shape index (κ1) is 13.9. The van der Waals surface area contributed by atoms with Gasteiger partial charge in [-0.05, 0) is 18.9 Å². The number of allylic oxidation sites excluding steroid dienone is 2. The fraction of sp³-hybridized carbons (Fsp3) is 0.667. The number of hydrogen-bond donors (Lipinski definition) is 0. The lowest BCUT2D eigenvalue weighted by Crippen LogP contribution is -2.03. The second kappa shape index (κ2) is 9.44. The van der Waals surface area contributed by atoms with Gasteiger partial charge in [0.25, 0.3) is 0 Å². The second-order valence-corrected chi connectivity index (χ2v) is 3.44. The van der Waals surface area contributed by atoms with E-state index in [1.165, 1.54) is 20.0 Å². The molecule has 0 saturated heterocycles. The standard InChI is InChI=1S/C12H20O3/c1-3-4-5-6-7-8-11(13)9-10-12(14)15-2/h7-8H,3-6,9-10H2,1-2H3/b8-7+. The predicted molar refractivity (Wildman–Crippen MR) is 59.5 cm³/mol. The Morgan fingerprint density at radius 2 is 1.93 bits per heavy atom. The average molecular weight is 212 g/mol. The Labute approximate surface area is 91.5 Å². The highest BCUT2D eigenvalue weighted by Crippen LogP contribution is 2.01. The van der Waals surface area contributed by atoms with E-state index in [9.17, 15) is 9.59 Å². The van der Waals surface area contributed by atoms with E-state index in [-0.39, 0.29) is 24.6 Å². The van der Waals surface area contributed by atoms with E-state index in [0.29, 0.717) is 0 Å². The lowest BCUT2D eigenvalue weighted by Gasteiger charge is -1.95. The van der Waals surface area contributed by atoms with Gasteiger partial charge in [0, 0.05) is 6.42 Å². The minimum absolute atomic E-state index is 0.00287. The highest BCUT2D eigenvalue weighted by molar-refractivity contribution is 5.91. The van der Waals surface area contributed by atoms with Crippen molar-refractivity contribution in [2.75, 3.05) is 7.11 Å². The van der Waals surface area contributed by atoms with Crippen molar-refractivity contribution in [3.05, 3.63) is 12.2 Å². The average Bonchev–Trinajstić information content (AvgIpc) is 2.25. The van der Waals surface area contributed by atoms with Crippen molar-refractivity contribution in [3.8, 4) is 0 Å². The number of hydrogen-bond acceptors (Lipinski definition) is 3. The molecule has 0 spiro atoms. The summed E-state index contributed by atoms with van der Waals surface area (Å²) in [5.41, 5.74) is 0. The van der Waals surface area contributed by atoms with E-state index in [1.807, 2.05) is 6.08 Å². The summed E-state index contributed by atoms with van der Waals surface area (Å²) in [5.74, 6) is -0.334. The zero-order chi connectivity index (χ0) is 11.5. The molecule has 3 nitrogen and oxygen atoms in total. The Kier molecular flexibility index (Phi) is 8.73. The number of carbonyl (C=O) groups excluding carboxylic acids is 2. The molecule has 0 aromatic carbocycles. The molecule has 0 aromatic rings. The van der Waals surface area contributed by atoms with Crippen LogP contribution in [0.2, 0.25) is 0 Å². The van der Waals surface area contributed by atoms with Crippen LogP contribution in [-0.2, 0) is 14.3 Å². The molecule has 0 aliphatic rings. The van der Waals surface area contributed by atoms with Gasteiger partial charge in [-0.25, -0.2) is 0 Å². The summed E-state index contributed by atoms with van der Waals surface area (Å²) in [6, 6.07) is 0. The largest absolute Gasteiger partial charge is 0.469 e. The summed E-state index contributed by atoms with van der Waals surface area (Å²) in [4.78, 5) is 21.9. The molecule has 0 fully saturated rings. The summed E-state index contributed by atoms with van der Waals surface area (Å²) in [5, 5.41) is 0. The quantitative estimate of drug-likeness (QED) is 0.353. The first-order valence-corrected chi connectivity index (χ1v) is 5.47. The summed E-state index contributed by atoms with van der Waals surface area (Å²) >= 11 is 0. The number of carbonyl (C=O) groups is 2. The van der Waals surface area contributed by atoms with Crippen LogP contribution >= 0.6 is 0 Å². The molecule has 15 heavy (non-hydrogen) atoms. The van der Waals surface area contributed by atoms with Crippen molar-refractivity contribution in [3.63, 3.8) is 0 Å². The Bertz CT molecular complexity index is 219. The van der Waals surface area contributed by atoms with Gasteiger partial charge >= 0.3 is 5.97 Å². The normalized spacial score (nSPS) is 10.5. The molecule has 0 aromatic heterocycles. The van der Waals surface area contributed by atoms with Crippen molar-refractivity contribution >= 4 is 11.8 Å². The van der Waals surface area contributed by atoms with Crippen molar-refractivity contribution in [2.24, 2.45) is 0 Å². The molecule has 0 rings (SSSR count). The first-order valence-electron chi connectivity index (χ1n) is 5.47. The second-order valence-electron chi connectivity index (χ2n) is 3.44. The van der Waals surface area contributed by atoms with E-state index in [2.05, 4.69) is 11.7 Å². The molecule has 0 radical (unpaired) electrons. The van der Waals surface area contributed by atoms with E-state index >= 15 is 0 Å². The van der Waals surface area contributed by atoms with Gasteiger partial charge in [0.2, 0.25) is 0 Å². The van der Waals surface area contributed by atoms with Gasteiger partial charge in [0.15, 0.2) is 5.78 Å². The van der Waals surface area contributed by atoms with Gasteiger partial charge in [-0.3, -0.25) is 9.59 Å². The third kappa shape index (κ3) is 9.19. The van der Waals surface area contributed by atoms with E-state index in [1.54, 1.807) is 6.08 Å². The fourth-order valence-corrected chi connectivity index (χ4v) is 1.14. The molecule has 0 bridgehead atoms. The molecule has 0 unspecified atom stereocenters. The highest BCUT2D eigenvalue weighted by Gasteiger charge is 2.03. The monoisotopic (exact) mass is 212 g/mol. The summed E-state index contributed by atoms with van der Waals surface area (Å²) < 4.78 is 4.44. The smallest absolute Gasteiger partial charge is 0.305 e. The van der Waals surface area contributed by atoms with Crippen molar-refractivity contribution < 1.29 is 14.3 Å². The third-order valence-electron chi connectivity index (χ3n) is 2.08. The van der Waals surface area contributed by atoms with Gasteiger partial charge in [0.05, 0.1) is 13.5 Å². The molecule has 0 aliphatic heterocycles.